The number of halogens is 3. The summed E-state index contributed by atoms with van der Waals surface area (Å²) >= 11 is 1.55. The monoisotopic (exact) mass is 490 g/mol. The summed E-state index contributed by atoms with van der Waals surface area (Å²) in [6, 6.07) is 20.0. The number of hydrogen-bond acceptors (Lipinski definition) is 5. The molecule has 0 aliphatic rings. The number of pyridine rings is 2. The van der Waals surface area contributed by atoms with Crippen molar-refractivity contribution in [1.82, 2.24) is 9.97 Å². The van der Waals surface area contributed by atoms with Crippen LogP contribution >= 0.6 is 11.3 Å². The number of amides is 1. The van der Waals surface area contributed by atoms with Crippen LogP contribution in [0.4, 0.5) is 30.2 Å². The smallest absolute Gasteiger partial charge is 0.355 e. The zero-order chi connectivity index (χ0) is 24.4. The second-order valence-corrected chi connectivity index (χ2v) is 8.62. The van der Waals surface area contributed by atoms with Gasteiger partial charge in [-0.15, -0.1) is 11.3 Å². The number of benzene rings is 2. The summed E-state index contributed by atoms with van der Waals surface area (Å²) in [5.41, 5.74) is 1.74. The van der Waals surface area contributed by atoms with Crippen LogP contribution in [0.3, 0.4) is 0 Å². The molecular formula is C26H17F3N4OS. The van der Waals surface area contributed by atoms with Crippen LogP contribution in [-0.4, -0.2) is 15.9 Å². The molecule has 0 aliphatic heterocycles. The highest BCUT2D eigenvalue weighted by atomic mass is 32.1. The van der Waals surface area contributed by atoms with E-state index in [1.54, 1.807) is 66.1 Å². The van der Waals surface area contributed by atoms with Gasteiger partial charge in [-0.05, 0) is 47.8 Å². The number of fused-ring (bicyclic) bond motifs is 1. The van der Waals surface area contributed by atoms with Gasteiger partial charge in [-0.25, -0.2) is 4.98 Å². The Balaban J connectivity index is 1.40. The molecule has 0 spiro atoms. The van der Waals surface area contributed by atoms with Gasteiger partial charge < -0.3 is 10.6 Å². The summed E-state index contributed by atoms with van der Waals surface area (Å²) in [6.45, 7) is 0. The molecule has 0 bridgehead atoms. The molecule has 174 valence electrons. The van der Waals surface area contributed by atoms with Crippen LogP contribution < -0.4 is 10.6 Å². The first kappa shape index (κ1) is 22.5. The summed E-state index contributed by atoms with van der Waals surface area (Å²) in [5.74, 6) is -0.346. The average molecular weight is 491 g/mol. The lowest BCUT2D eigenvalue weighted by molar-refractivity contribution is -0.140. The van der Waals surface area contributed by atoms with Crippen LogP contribution in [0.25, 0.3) is 21.3 Å². The Hall–Kier alpha value is -4.24. The molecule has 2 N–H and O–H groups in total. The van der Waals surface area contributed by atoms with Crippen LogP contribution in [0.15, 0.2) is 90.6 Å². The molecule has 1 amide bonds. The lowest BCUT2D eigenvalue weighted by Crippen LogP contribution is -2.12. The van der Waals surface area contributed by atoms with Gasteiger partial charge >= 0.3 is 6.18 Å². The predicted molar refractivity (Wildman–Crippen MR) is 132 cm³/mol. The quantitative estimate of drug-likeness (QED) is 0.270. The Bertz CT molecular complexity index is 1520. The van der Waals surface area contributed by atoms with Gasteiger partial charge in [-0.1, -0.05) is 30.3 Å². The molecule has 0 fully saturated rings. The minimum absolute atomic E-state index is 0.229. The number of anilines is 3. The fourth-order valence-electron chi connectivity index (χ4n) is 3.60. The van der Waals surface area contributed by atoms with Crippen molar-refractivity contribution in [1.29, 1.82) is 0 Å². The lowest BCUT2D eigenvalue weighted by Gasteiger charge is -2.14. The van der Waals surface area contributed by atoms with Gasteiger partial charge in [0.15, 0.2) is 0 Å². The van der Waals surface area contributed by atoms with Crippen molar-refractivity contribution in [3.05, 3.63) is 102 Å². The molecule has 0 saturated carbocycles. The van der Waals surface area contributed by atoms with E-state index in [9.17, 15) is 18.0 Å². The minimum Gasteiger partial charge on any atom is -0.355 e. The van der Waals surface area contributed by atoms with Crippen LogP contribution in [0.2, 0.25) is 0 Å². The van der Waals surface area contributed by atoms with Crippen molar-refractivity contribution in [2.75, 3.05) is 10.6 Å². The molecule has 0 radical (unpaired) electrons. The summed E-state index contributed by atoms with van der Waals surface area (Å²) in [4.78, 5) is 21.7. The molecular weight excluding hydrogens is 473 g/mol. The summed E-state index contributed by atoms with van der Waals surface area (Å²) in [6.07, 6.45) is -1.40. The molecule has 5 aromatic rings. The molecule has 0 unspecified atom stereocenters. The number of thiophene rings is 1. The molecule has 0 aliphatic carbocycles. The Labute approximate surface area is 202 Å². The van der Waals surface area contributed by atoms with Gasteiger partial charge in [-0.3, -0.25) is 9.78 Å². The third kappa shape index (κ3) is 4.99. The van der Waals surface area contributed by atoms with Crippen molar-refractivity contribution < 1.29 is 18.0 Å². The molecule has 3 aromatic heterocycles. The van der Waals surface area contributed by atoms with Crippen LogP contribution in [0.1, 0.15) is 16.1 Å². The largest absolute Gasteiger partial charge is 0.433 e. The normalized spacial score (nSPS) is 11.4. The first-order valence-electron chi connectivity index (χ1n) is 10.5. The second kappa shape index (κ2) is 9.19. The summed E-state index contributed by atoms with van der Waals surface area (Å²) in [7, 11) is 0. The fraction of sp³-hybridized carbons (Fsp3) is 0.0385. The fourth-order valence-corrected chi connectivity index (χ4v) is 4.31. The number of hydrogen-bond donors (Lipinski definition) is 2. The van der Waals surface area contributed by atoms with Gasteiger partial charge in [0.2, 0.25) is 0 Å². The molecule has 35 heavy (non-hydrogen) atoms. The highest BCUT2D eigenvalue weighted by Gasteiger charge is 2.33. The van der Waals surface area contributed by atoms with Crippen molar-refractivity contribution in [2.45, 2.75) is 6.18 Å². The Morgan fingerprint density at radius 1 is 0.886 bits per heavy atom. The lowest BCUT2D eigenvalue weighted by atomic mass is 10.1. The number of nitrogens with zero attached hydrogens (tertiary/aromatic N) is 2. The predicted octanol–water partition coefficient (Wildman–Crippen LogP) is 7.37. The Morgan fingerprint density at radius 2 is 1.71 bits per heavy atom. The maximum absolute atomic E-state index is 13.4. The molecule has 5 nitrogen and oxygen atoms in total. The van der Waals surface area contributed by atoms with Gasteiger partial charge in [-0.2, -0.15) is 13.2 Å². The summed E-state index contributed by atoms with van der Waals surface area (Å²) < 4.78 is 40.1. The SMILES string of the molecule is O=C(Nc1cccc(Nc2cc(C(F)(F)F)nc3ccccc23)c1)c1cncc(-c2cccs2)c1. The maximum Gasteiger partial charge on any atom is 0.433 e. The molecule has 3 heterocycles. The van der Waals surface area contributed by atoms with E-state index in [4.69, 9.17) is 0 Å². The average Bonchev–Trinajstić information content (AvgIpc) is 3.39. The number of alkyl halides is 3. The zero-order valence-corrected chi connectivity index (χ0v) is 18.8. The Morgan fingerprint density at radius 3 is 2.51 bits per heavy atom. The van der Waals surface area contributed by atoms with Gasteiger partial charge in [0.1, 0.15) is 5.69 Å². The van der Waals surface area contributed by atoms with Crippen molar-refractivity contribution in [3.8, 4) is 10.4 Å². The number of rotatable bonds is 5. The van der Waals surface area contributed by atoms with E-state index >= 15 is 0 Å². The van der Waals surface area contributed by atoms with Crippen molar-refractivity contribution in [3.63, 3.8) is 0 Å². The summed E-state index contributed by atoms with van der Waals surface area (Å²) in [5, 5.41) is 8.36. The molecule has 9 heteroatoms. The number of aromatic nitrogens is 2. The standard InChI is InChI=1S/C26H17F3N4OS/c27-26(28,29)24-13-22(20-7-1-2-8-21(20)33-24)31-18-5-3-6-19(12-18)32-25(34)17-11-16(14-30-15-17)23-9-4-10-35-23/h1-15H,(H,31,33)(H,32,34). The van der Waals surface area contributed by atoms with E-state index in [0.29, 0.717) is 22.3 Å². The Kier molecular flexibility index (Phi) is 5.92. The van der Waals surface area contributed by atoms with Gasteiger partial charge in [0.25, 0.3) is 5.91 Å². The number of carbonyl (C=O) groups excluding carboxylic acids is 1. The highest BCUT2D eigenvalue weighted by molar-refractivity contribution is 7.13. The number of para-hydroxylation sites is 1. The van der Waals surface area contributed by atoms with E-state index in [0.717, 1.165) is 16.5 Å². The van der Waals surface area contributed by atoms with E-state index < -0.39 is 11.9 Å². The van der Waals surface area contributed by atoms with Gasteiger partial charge in [0, 0.05) is 39.6 Å². The third-order valence-corrected chi connectivity index (χ3v) is 6.13. The van der Waals surface area contributed by atoms with Crippen LogP contribution in [0, 0.1) is 0 Å². The van der Waals surface area contributed by atoms with Crippen LogP contribution in [0.5, 0.6) is 0 Å². The maximum atomic E-state index is 13.4. The van der Waals surface area contributed by atoms with Crippen LogP contribution in [-0.2, 0) is 6.18 Å². The van der Waals surface area contributed by atoms with Crippen molar-refractivity contribution >= 4 is 45.2 Å². The topological polar surface area (TPSA) is 66.9 Å². The second-order valence-electron chi connectivity index (χ2n) is 7.67. The van der Waals surface area contributed by atoms with E-state index in [2.05, 4.69) is 20.6 Å². The number of nitrogens with one attached hydrogen (secondary N) is 2. The minimum atomic E-state index is -4.58. The van der Waals surface area contributed by atoms with E-state index in [1.807, 2.05) is 17.5 Å². The highest BCUT2D eigenvalue weighted by Crippen LogP contribution is 2.34. The first-order chi connectivity index (χ1) is 16.9. The first-order valence-corrected chi connectivity index (χ1v) is 11.4. The van der Waals surface area contributed by atoms with Gasteiger partial charge in [0.05, 0.1) is 16.8 Å². The molecule has 0 saturated heterocycles. The molecule has 2 aromatic carbocycles. The molecule has 5 rings (SSSR count). The third-order valence-electron chi connectivity index (χ3n) is 5.21. The number of carbonyl (C=O) groups is 1. The zero-order valence-electron chi connectivity index (χ0n) is 18.0. The van der Waals surface area contributed by atoms with E-state index in [-0.39, 0.29) is 17.1 Å². The molecule has 0 atom stereocenters. The van der Waals surface area contributed by atoms with E-state index in [1.165, 1.54) is 12.3 Å². The van der Waals surface area contributed by atoms with Crippen molar-refractivity contribution in [2.24, 2.45) is 0 Å².